The summed E-state index contributed by atoms with van der Waals surface area (Å²) in [4.78, 5) is 8.85. The smallest absolute Gasteiger partial charge is 0.224 e. The molecule has 1 atom stereocenters. The summed E-state index contributed by atoms with van der Waals surface area (Å²) < 4.78 is 0. The van der Waals surface area contributed by atoms with Crippen molar-refractivity contribution in [1.82, 2.24) is 9.97 Å². The van der Waals surface area contributed by atoms with E-state index in [2.05, 4.69) is 63.9 Å². The van der Waals surface area contributed by atoms with Crippen molar-refractivity contribution in [3.05, 3.63) is 84.1 Å². The first-order valence-electron chi connectivity index (χ1n) is 8.73. The lowest BCUT2D eigenvalue weighted by atomic mass is 10.1. The Kier molecular flexibility index (Phi) is 5.99. The topological polar surface area (TPSA) is 49.8 Å². The molecule has 0 radical (unpaired) electrons. The molecule has 3 aromatic rings. The van der Waals surface area contributed by atoms with Gasteiger partial charge in [0.1, 0.15) is 5.82 Å². The molecule has 4 nitrogen and oxygen atoms in total. The van der Waals surface area contributed by atoms with E-state index in [9.17, 15) is 0 Å². The average Bonchev–Trinajstić information content (AvgIpc) is 2.67. The number of aromatic nitrogens is 2. The van der Waals surface area contributed by atoms with Crippen LogP contribution in [0.3, 0.4) is 0 Å². The van der Waals surface area contributed by atoms with Gasteiger partial charge in [0, 0.05) is 18.8 Å². The predicted molar refractivity (Wildman–Crippen MR) is 104 cm³/mol. The Morgan fingerprint density at radius 1 is 0.920 bits per heavy atom. The van der Waals surface area contributed by atoms with Gasteiger partial charge in [-0.2, -0.15) is 4.98 Å². The van der Waals surface area contributed by atoms with Crippen molar-refractivity contribution in [2.45, 2.75) is 25.8 Å². The fourth-order valence-electron chi connectivity index (χ4n) is 2.71. The molecule has 0 aliphatic carbocycles. The first kappa shape index (κ1) is 17.0. The molecule has 0 saturated heterocycles. The Balaban J connectivity index is 1.49. The van der Waals surface area contributed by atoms with Crippen LogP contribution in [0.5, 0.6) is 0 Å². The van der Waals surface area contributed by atoms with Crippen molar-refractivity contribution in [3.8, 4) is 0 Å². The molecule has 1 unspecified atom stereocenters. The molecule has 0 spiro atoms. The zero-order chi connectivity index (χ0) is 17.3. The maximum absolute atomic E-state index is 4.55. The summed E-state index contributed by atoms with van der Waals surface area (Å²) in [6, 6.07) is 23.0. The van der Waals surface area contributed by atoms with Crippen LogP contribution in [-0.2, 0) is 6.42 Å². The van der Waals surface area contributed by atoms with Gasteiger partial charge in [0.15, 0.2) is 0 Å². The minimum Gasteiger partial charge on any atom is -0.363 e. The molecule has 0 aliphatic rings. The Hall–Kier alpha value is -2.88. The largest absolute Gasteiger partial charge is 0.363 e. The highest BCUT2D eigenvalue weighted by Crippen LogP contribution is 2.17. The zero-order valence-electron chi connectivity index (χ0n) is 14.5. The number of anilines is 2. The number of hydrogen-bond acceptors (Lipinski definition) is 4. The van der Waals surface area contributed by atoms with E-state index in [0.717, 1.165) is 25.2 Å². The molecule has 1 aromatic heterocycles. The van der Waals surface area contributed by atoms with Crippen LogP contribution in [0.25, 0.3) is 0 Å². The lowest BCUT2D eigenvalue weighted by Gasteiger charge is -2.15. The maximum atomic E-state index is 4.55. The van der Waals surface area contributed by atoms with E-state index < -0.39 is 0 Å². The lowest BCUT2D eigenvalue weighted by Crippen LogP contribution is -2.11. The van der Waals surface area contributed by atoms with Gasteiger partial charge in [0.25, 0.3) is 0 Å². The number of hydrogen-bond donors (Lipinski definition) is 2. The van der Waals surface area contributed by atoms with Gasteiger partial charge in [-0.3, -0.25) is 0 Å². The van der Waals surface area contributed by atoms with Crippen LogP contribution in [0.1, 0.15) is 30.5 Å². The van der Waals surface area contributed by atoms with Crippen LogP contribution in [0.4, 0.5) is 11.8 Å². The van der Waals surface area contributed by atoms with E-state index in [-0.39, 0.29) is 6.04 Å². The Bertz CT molecular complexity index is 759. The van der Waals surface area contributed by atoms with E-state index in [4.69, 9.17) is 0 Å². The predicted octanol–water partition coefficient (Wildman–Crippen LogP) is 4.69. The van der Waals surface area contributed by atoms with Crippen molar-refractivity contribution in [3.63, 3.8) is 0 Å². The van der Waals surface area contributed by atoms with Crippen LogP contribution >= 0.6 is 0 Å². The third kappa shape index (κ3) is 5.31. The SMILES string of the molecule is CC(Nc1ccnc(NCCCc2ccccc2)n1)c1ccccc1. The van der Waals surface area contributed by atoms with E-state index >= 15 is 0 Å². The van der Waals surface area contributed by atoms with Crippen molar-refractivity contribution in [2.75, 3.05) is 17.2 Å². The molecule has 128 valence electrons. The van der Waals surface area contributed by atoms with Gasteiger partial charge in [-0.25, -0.2) is 4.98 Å². The lowest BCUT2D eigenvalue weighted by molar-refractivity contribution is 0.847. The number of nitrogens with one attached hydrogen (secondary N) is 2. The fourth-order valence-corrected chi connectivity index (χ4v) is 2.71. The average molecular weight is 332 g/mol. The number of aryl methyl sites for hydroxylation is 1. The van der Waals surface area contributed by atoms with Crippen molar-refractivity contribution in [2.24, 2.45) is 0 Å². The minimum absolute atomic E-state index is 0.196. The van der Waals surface area contributed by atoms with E-state index in [0.29, 0.717) is 5.95 Å². The van der Waals surface area contributed by atoms with Crippen molar-refractivity contribution in [1.29, 1.82) is 0 Å². The second-order valence-electron chi connectivity index (χ2n) is 6.06. The molecule has 0 amide bonds. The van der Waals surface area contributed by atoms with Gasteiger partial charge in [0.2, 0.25) is 5.95 Å². The highest BCUT2D eigenvalue weighted by atomic mass is 15.1. The van der Waals surface area contributed by atoms with Gasteiger partial charge in [-0.1, -0.05) is 60.7 Å². The summed E-state index contributed by atoms with van der Waals surface area (Å²) in [5.41, 5.74) is 2.59. The van der Waals surface area contributed by atoms with Crippen LogP contribution in [0.15, 0.2) is 72.9 Å². The molecule has 2 aromatic carbocycles. The second-order valence-corrected chi connectivity index (χ2v) is 6.06. The van der Waals surface area contributed by atoms with Crippen molar-refractivity contribution >= 4 is 11.8 Å². The van der Waals surface area contributed by atoms with Gasteiger partial charge in [-0.15, -0.1) is 0 Å². The van der Waals surface area contributed by atoms with Gasteiger partial charge in [-0.05, 0) is 37.0 Å². The normalized spacial score (nSPS) is 11.7. The molecule has 0 bridgehead atoms. The van der Waals surface area contributed by atoms with Crippen LogP contribution in [-0.4, -0.2) is 16.5 Å². The molecule has 0 aliphatic heterocycles. The van der Waals surface area contributed by atoms with Crippen LogP contribution in [0, 0.1) is 0 Å². The summed E-state index contributed by atoms with van der Waals surface area (Å²) >= 11 is 0. The maximum Gasteiger partial charge on any atom is 0.224 e. The second kappa shape index (κ2) is 8.83. The molecule has 0 saturated carbocycles. The Morgan fingerprint density at radius 3 is 2.40 bits per heavy atom. The van der Waals surface area contributed by atoms with E-state index in [1.165, 1.54) is 11.1 Å². The third-order valence-corrected chi connectivity index (χ3v) is 4.09. The molecule has 1 heterocycles. The summed E-state index contributed by atoms with van der Waals surface area (Å²) in [6.07, 6.45) is 3.88. The number of nitrogens with zero attached hydrogens (tertiary/aromatic N) is 2. The van der Waals surface area contributed by atoms with Crippen LogP contribution < -0.4 is 10.6 Å². The molecule has 4 heteroatoms. The quantitative estimate of drug-likeness (QED) is 0.587. The Morgan fingerprint density at radius 2 is 1.64 bits per heavy atom. The van der Waals surface area contributed by atoms with Gasteiger partial charge >= 0.3 is 0 Å². The summed E-state index contributed by atoms with van der Waals surface area (Å²) in [5, 5.41) is 6.73. The van der Waals surface area contributed by atoms with E-state index in [1.807, 2.05) is 30.3 Å². The molecule has 3 rings (SSSR count). The standard InChI is InChI=1S/C21H24N4/c1-17(19-12-6-3-7-13-19)24-20-14-16-23-21(25-20)22-15-8-11-18-9-4-2-5-10-18/h2-7,9-10,12-14,16-17H,8,11,15H2,1H3,(H2,22,23,24,25). The molecular formula is C21H24N4. The van der Waals surface area contributed by atoms with Crippen LogP contribution in [0.2, 0.25) is 0 Å². The molecule has 2 N–H and O–H groups in total. The molecule has 0 fully saturated rings. The first-order valence-corrected chi connectivity index (χ1v) is 8.73. The number of rotatable bonds is 8. The number of benzene rings is 2. The fraction of sp³-hybridized carbons (Fsp3) is 0.238. The highest BCUT2D eigenvalue weighted by Gasteiger charge is 2.06. The highest BCUT2D eigenvalue weighted by molar-refractivity contribution is 5.41. The first-order chi connectivity index (χ1) is 12.3. The summed E-state index contributed by atoms with van der Waals surface area (Å²) in [6.45, 7) is 2.98. The van der Waals surface area contributed by atoms with Gasteiger partial charge < -0.3 is 10.6 Å². The molecular weight excluding hydrogens is 308 g/mol. The van der Waals surface area contributed by atoms with Gasteiger partial charge in [0.05, 0.1) is 0 Å². The monoisotopic (exact) mass is 332 g/mol. The Labute approximate surface area is 149 Å². The summed E-state index contributed by atoms with van der Waals surface area (Å²) in [7, 11) is 0. The summed E-state index contributed by atoms with van der Waals surface area (Å²) in [5.74, 6) is 1.50. The minimum atomic E-state index is 0.196. The van der Waals surface area contributed by atoms with E-state index in [1.54, 1.807) is 6.20 Å². The third-order valence-electron chi connectivity index (χ3n) is 4.09. The van der Waals surface area contributed by atoms with Crippen molar-refractivity contribution < 1.29 is 0 Å². The zero-order valence-corrected chi connectivity index (χ0v) is 14.5. The molecule has 25 heavy (non-hydrogen) atoms.